The van der Waals surface area contributed by atoms with Gasteiger partial charge in [0.1, 0.15) is 0 Å². The zero-order chi connectivity index (χ0) is 8.10. The summed E-state index contributed by atoms with van der Waals surface area (Å²) in [5.74, 6) is 0. The van der Waals surface area contributed by atoms with Crippen LogP contribution in [0.3, 0.4) is 0 Å². The standard InChI is InChI=1S/C7H9BrN2O/c1-11-10-5-7-6(8)3-2-4-9-7/h2-4,10H,5H2,1H3. The van der Waals surface area contributed by atoms with E-state index in [4.69, 9.17) is 0 Å². The molecule has 11 heavy (non-hydrogen) atoms. The third kappa shape index (κ3) is 2.57. The second-order valence-corrected chi connectivity index (χ2v) is 2.81. The van der Waals surface area contributed by atoms with E-state index in [0.29, 0.717) is 6.54 Å². The molecule has 4 heteroatoms. The van der Waals surface area contributed by atoms with E-state index < -0.39 is 0 Å². The highest BCUT2D eigenvalue weighted by atomic mass is 79.9. The van der Waals surface area contributed by atoms with Gasteiger partial charge < -0.3 is 4.84 Å². The van der Waals surface area contributed by atoms with Gasteiger partial charge in [-0.3, -0.25) is 4.98 Å². The van der Waals surface area contributed by atoms with Gasteiger partial charge in [-0.15, -0.1) is 0 Å². The Morgan fingerprint density at radius 2 is 2.55 bits per heavy atom. The minimum Gasteiger partial charge on any atom is -0.305 e. The molecule has 0 atom stereocenters. The first-order valence-electron chi connectivity index (χ1n) is 3.20. The van der Waals surface area contributed by atoms with E-state index in [1.54, 1.807) is 13.3 Å². The van der Waals surface area contributed by atoms with Crippen LogP contribution in [0.4, 0.5) is 0 Å². The second kappa shape index (κ2) is 4.43. The summed E-state index contributed by atoms with van der Waals surface area (Å²) in [5.41, 5.74) is 3.65. The Kier molecular flexibility index (Phi) is 3.48. The molecular formula is C7H9BrN2O. The van der Waals surface area contributed by atoms with E-state index >= 15 is 0 Å². The lowest BCUT2D eigenvalue weighted by molar-refractivity contribution is 0.0857. The van der Waals surface area contributed by atoms with Crippen LogP contribution in [0.1, 0.15) is 5.69 Å². The van der Waals surface area contributed by atoms with Crippen molar-refractivity contribution >= 4 is 15.9 Å². The molecule has 1 heterocycles. The van der Waals surface area contributed by atoms with Gasteiger partial charge in [0.05, 0.1) is 19.3 Å². The molecule has 0 saturated heterocycles. The number of hydrogen-bond donors (Lipinski definition) is 1. The maximum atomic E-state index is 4.69. The van der Waals surface area contributed by atoms with Crippen molar-refractivity contribution in [3.05, 3.63) is 28.5 Å². The Labute approximate surface area is 73.9 Å². The molecule has 1 N–H and O–H groups in total. The lowest BCUT2D eigenvalue weighted by atomic mass is 10.4. The molecule has 0 bridgehead atoms. The second-order valence-electron chi connectivity index (χ2n) is 1.96. The van der Waals surface area contributed by atoms with E-state index in [1.165, 1.54) is 0 Å². The summed E-state index contributed by atoms with van der Waals surface area (Å²) in [7, 11) is 1.58. The predicted molar refractivity (Wildman–Crippen MR) is 45.8 cm³/mol. The minimum atomic E-state index is 0.609. The van der Waals surface area contributed by atoms with E-state index in [0.717, 1.165) is 10.2 Å². The normalized spacial score (nSPS) is 10.0. The van der Waals surface area contributed by atoms with Crippen molar-refractivity contribution in [2.24, 2.45) is 0 Å². The van der Waals surface area contributed by atoms with Crippen LogP contribution in [0.5, 0.6) is 0 Å². The zero-order valence-corrected chi connectivity index (χ0v) is 7.76. The molecular weight excluding hydrogens is 208 g/mol. The maximum Gasteiger partial charge on any atom is 0.0707 e. The largest absolute Gasteiger partial charge is 0.305 e. The molecule has 0 amide bonds. The monoisotopic (exact) mass is 216 g/mol. The third-order valence-corrected chi connectivity index (χ3v) is 1.94. The van der Waals surface area contributed by atoms with Gasteiger partial charge in [0.15, 0.2) is 0 Å². The summed E-state index contributed by atoms with van der Waals surface area (Å²) < 4.78 is 0.990. The van der Waals surface area contributed by atoms with E-state index in [1.807, 2.05) is 12.1 Å². The number of nitrogens with one attached hydrogen (secondary N) is 1. The molecule has 60 valence electrons. The van der Waals surface area contributed by atoms with Crippen molar-refractivity contribution in [1.29, 1.82) is 0 Å². The van der Waals surface area contributed by atoms with Crippen LogP contribution >= 0.6 is 15.9 Å². The number of halogens is 1. The number of hydroxylamine groups is 1. The first-order chi connectivity index (χ1) is 5.34. The maximum absolute atomic E-state index is 4.69. The van der Waals surface area contributed by atoms with Gasteiger partial charge in [0.25, 0.3) is 0 Å². The Balaban J connectivity index is 2.62. The Morgan fingerprint density at radius 3 is 3.18 bits per heavy atom. The SMILES string of the molecule is CONCc1ncccc1Br. The molecule has 1 aromatic rings. The molecule has 0 spiro atoms. The van der Waals surface area contributed by atoms with Crippen LogP contribution in [0, 0.1) is 0 Å². The van der Waals surface area contributed by atoms with Gasteiger partial charge in [-0.2, -0.15) is 5.48 Å². The highest BCUT2D eigenvalue weighted by Gasteiger charge is 1.97. The van der Waals surface area contributed by atoms with Crippen molar-refractivity contribution in [3.63, 3.8) is 0 Å². The van der Waals surface area contributed by atoms with Crippen molar-refractivity contribution in [2.45, 2.75) is 6.54 Å². The fourth-order valence-electron chi connectivity index (χ4n) is 0.689. The molecule has 1 rings (SSSR count). The molecule has 0 aliphatic rings. The lowest BCUT2D eigenvalue weighted by Gasteiger charge is -2.02. The van der Waals surface area contributed by atoms with Gasteiger partial charge in [-0.05, 0) is 28.1 Å². The summed E-state index contributed by atoms with van der Waals surface area (Å²) in [4.78, 5) is 8.82. The first kappa shape index (κ1) is 8.64. The molecule has 0 radical (unpaired) electrons. The summed E-state index contributed by atoms with van der Waals surface area (Å²) in [6, 6.07) is 3.82. The average molecular weight is 217 g/mol. The molecule has 3 nitrogen and oxygen atoms in total. The Hall–Kier alpha value is -0.450. The number of hydrogen-bond acceptors (Lipinski definition) is 3. The summed E-state index contributed by atoms with van der Waals surface area (Å²) in [6.07, 6.45) is 1.75. The van der Waals surface area contributed by atoms with E-state index in [9.17, 15) is 0 Å². The smallest absolute Gasteiger partial charge is 0.0707 e. The highest BCUT2D eigenvalue weighted by Crippen LogP contribution is 2.12. The van der Waals surface area contributed by atoms with Crippen LogP contribution in [-0.4, -0.2) is 12.1 Å². The Bertz CT molecular complexity index is 229. The van der Waals surface area contributed by atoms with Crippen LogP contribution in [0.25, 0.3) is 0 Å². The van der Waals surface area contributed by atoms with E-state index in [2.05, 4.69) is 31.2 Å². The quantitative estimate of drug-likeness (QED) is 0.779. The molecule has 0 aliphatic carbocycles. The van der Waals surface area contributed by atoms with Gasteiger partial charge in [-0.1, -0.05) is 0 Å². The number of nitrogens with zero attached hydrogens (tertiary/aromatic N) is 1. The third-order valence-electron chi connectivity index (χ3n) is 1.22. The van der Waals surface area contributed by atoms with Crippen LogP contribution in [0.15, 0.2) is 22.8 Å². The van der Waals surface area contributed by atoms with Crippen LogP contribution in [0.2, 0.25) is 0 Å². The number of pyridine rings is 1. The molecule has 0 unspecified atom stereocenters. The predicted octanol–water partition coefficient (Wildman–Crippen LogP) is 1.50. The number of rotatable bonds is 3. The fourth-order valence-corrected chi connectivity index (χ4v) is 1.08. The summed E-state index contributed by atoms with van der Waals surface area (Å²) in [5, 5.41) is 0. The van der Waals surface area contributed by atoms with Gasteiger partial charge >= 0.3 is 0 Å². The molecule has 0 aromatic carbocycles. The minimum absolute atomic E-state index is 0.609. The number of aromatic nitrogens is 1. The lowest BCUT2D eigenvalue weighted by Crippen LogP contribution is -2.12. The van der Waals surface area contributed by atoms with Gasteiger partial charge in [0.2, 0.25) is 0 Å². The van der Waals surface area contributed by atoms with Crippen molar-refractivity contribution in [3.8, 4) is 0 Å². The highest BCUT2D eigenvalue weighted by molar-refractivity contribution is 9.10. The zero-order valence-electron chi connectivity index (χ0n) is 6.17. The van der Waals surface area contributed by atoms with Crippen LogP contribution in [-0.2, 0) is 11.4 Å². The Morgan fingerprint density at radius 1 is 1.73 bits per heavy atom. The van der Waals surface area contributed by atoms with Gasteiger partial charge in [-0.25, -0.2) is 0 Å². The van der Waals surface area contributed by atoms with Crippen LogP contribution < -0.4 is 5.48 Å². The molecule has 0 saturated carbocycles. The fraction of sp³-hybridized carbons (Fsp3) is 0.286. The first-order valence-corrected chi connectivity index (χ1v) is 3.99. The van der Waals surface area contributed by atoms with Gasteiger partial charge in [0, 0.05) is 10.7 Å². The van der Waals surface area contributed by atoms with Crippen molar-refractivity contribution in [1.82, 2.24) is 10.5 Å². The van der Waals surface area contributed by atoms with Crippen molar-refractivity contribution in [2.75, 3.05) is 7.11 Å². The molecule has 1 aromatic heterocycles. The summed E-state index contributed by atoms with van der Waals surface area (Å²) in [6.45, 7) is 0.609. The molecule has 0 aliphatic heterocycles. The topological polar surface area (TPSA) is 34.1 Å². The van der Waals surface area contributed by atoms with Crippen molar-refractivity contribution < 1.29 is 4.84 Å². The average Bonchev–Trinajstić information content (AvgIpc) is 2.03. The molecule has 0 fully saturated rings. The van der Waals surface area contributed by atoms with E-state index in [-0.39, 0.29) is 0 Å². The summed E-state index contributed by atoms with van der Waals surface area (Å²) >= 11 is 3.37.